The molecule has 0 bridgehead atoms. The summed E-state index contributed by atoms with van der Waals surface area (Å²) in [5.41, 5.74) is 0.475. The molecule has 23 heavy (non-hydrogen) atoms. The number of benzene rings is 2. The van der Waals surface area contributed by atoms with Crippen LogP contribution in [0.3, 0.4) is 0 Å². The van der Waals surface area contributed by atoms with E-state index in [-0.39, 0.29) is 6.09 Å². The van der Waals surface area contributed by atoms with Crippen LogP contribution >= 0.6 is 0 Å². The average Bonchev–Trinajstić information content (AvgIpc) is 2.63. The molecule has 4 heteroatoms. The fourth-order valence-electron chi connectivity index (χ4n) is 2.69. The first-order valence-electron chi connectivity index (χ1n) is 7.78. The first-order chi connectivity index (χ1) is 11.1. The van der Waals surface area contributed by atoms with Crippen LogP contribution in [0.25, 0.3) is 0 Å². The summed E-state index contributed by atoms with van der Waals surface area (Å²) in [5.74, 6) is 0. The Morgan fingerprint density at radius 2 is 1.52 bits per heavy atom. The zero-order chi connectivity index (χ0) is 16.7. The van der Waals surface area contributed by atoms with Crippen LogP contribution in [-0.2, 0) is 10.3 Å². The number of carbonyl (C=O) groups is 1. The lowest BCUT2D eigenvalue weighted by atomic mass is 9.83. The molecule has 0 unspecified atom stereocenters. The molecule has 1 N–H and O–H groups in total. The molecule has 0 aliphatic rings. The first-order valence-corrected chi connectivity index (χ1v) is 7.78. The predicted octanol–water partition coefficient (Wildman–Crippen LogP) is 3.40. The van der Waals surface area contributed by atoms with Crippen molar-refractivity contribution in [3.63, 3.8) is 0 Å². The summed E-state index contributed by atoms with van der Waals surface area (Å²) in [5, 5.41) is 11.4. The molecule has 4 nitrogen and oxygen atoms in total. The number of carbonyl (C=O) groups excluding carboxylic acids is 1. The zero-order valence-corrected chi connectivity index (χ0v) is 13.6. The van der Waals surface area contributed by atoms with Gasteiger partial charge >= 0.3 is 6.09 Å². The number of methoxy groups -OCH3 is 1. The number of aliphatic hydroxyl groups is 1. The SMILES string of the molecule is CCN(CCC(O)(c1ccccc1)c1ccccc1)C(=O)OC. The van der Waals surface area contributed by atoms with Gasteiger partial charge in [-0.1, -0.05) is 60.7 Å². The second-order valence-corrected chi connectivity index (χ2v) is 5.39. The highest BCUT2D eigenvalue weighted by atomic mass is 16.5. The smallest absolute Gasteiger partial charge is 0.409 e. The molecule has 0 aliphatic carbocycles. The fraction of sp³-hybridized carbons (Fsp3) is 0.316. The predicted molar refractivity (Wildman–Crippen MR) is 90.2 cm³/mol. The van der Waals surface area contributed by atoms with E-state index in [1.165, 1.54) is 7.11 Å². The van der Waals surface area contributed by atoms with E-state index < -0.39 is 5.60 Å². The zero-order valence-electron chi connectivity index (χ0n) is 13.6. The van der Waals surface area contributed by atoms with Crippen LogP contribution in [0.4, 0.5) is 4.79 Å². The van der Waals surface area contributed by atoms with Gasteiger partial charge in [-0.15, -0.1) is 0 Å². The van der Waals surface area contributed by atoms with Crippen LogP contribution in [0.15, 0.2) is 60.7 Å². The van der Waals surface area contributed by atoms with Gasteiger partial charge in [0, 0.05) is 19.5 Å². The molecule has 0 saturated carbocycles. The van der Waals surface area contributed by atoms with Gasteiger partial charge in [0.15, 0.2) is 0 Å². The minimum atomic E-state index is -1.15. The highest BCUT2D eigenvalue weighted by molar-refractivity contribution is 5.67. The summed E-state index contributed by atoms with van der Waals surface area (Å²) in [4.78, 5) is 13.3. The Morgan fingerprint density at radius 1 is 1.04 bits per heavy atom. The van der Waals surface area contributed by atoms with Crippen molar-refractivity contribution in [3.05, 3.63) is 71.8 Å². The Balaban J connectivity index is 2.30. The Labute approximate surface area is 137 Å². The molecule has 1 amide bonds. The third-order valence-corrected chi connectivity index (χ3v) is 4.06. The van der Waals surface area contributed by atoms with Crippen molar-refractivity contribution in [2.45, 2.75) is 18.9 Å². The summed E-state index contributed by atoms with van der Waals surface area (Å²) in [7, 11) is 1.37. The van der Waals surface area contributed by atoms with E-state index in [1.54, 1.807) is 4.90 Å². The lowest BCUT2D eigenvalue weighted by molar-refractivity contribution is 0.0553. The monoisotopic (exact) mass is 313 g/mol. The van der Waals surface area contributed by atoms with Crippen LogP contribution in [-0.4, -0.2) is 36.3 Å². The molecule has 0 saturated heterocycles. The average molecular weight is 313 g/mol. The summed E-state index contributed by atoms with van der Waals surface area (Å²) in [6, 6.07) is 19.1. The standard InChI is InChI=1S/C19H23NO3/c1-3-20(18(21)23-2)15-14-19(22,16-10-6-4-7-11-16)17-12-8-5-9-13-17/h4-13,22H,3,14-15H2,1-2H3. The fourth-order valence-corrected chi connectivity index (χ4v) is 2.69. The number of hydrogen-bond donors (Lipinski definition) is 1. The summed E-state index contributed by atoms with van der Waals surface area (Å²) in [6.07, 6.45) is 0.0141. The van der Waals surface area contributed by atoms with E-state index in [4.69, 9.17) is 4.74 Å². The highest BCUT2D eigenvalue weighted by Gasteiger charge is 2.32. The van der Waals surface area contributed by atoms with Crippen molar-refractivity contribution < 1.29 is 14.6 Å². The Kier molecular flexibility index (Phi) is 5.77. The molecule has 0 aliphatic heterocycles. The number of hydrogen-bond acceptors (Lipinski definition) is 3. The summed E-state index contributed by atoms with van der Waals surface area (Å²) < 4.78 is 4.79. The molecule has 0 heterocycles. The minimum Gasteiger partial charge on any atom is -0.453 e. The summed E-state index contributed by atoms with van der Waals surface area (Å²) in [6.45, 7) is 2.83. The van der Waals surface area contributed by atoms with Gasteiger partial charge in [-0.25, -0.2) is 4.79 Å². The third-order valence-electron chi connectivity index (χ3n) is 4.06. The highest BCUT2D eigenvalue weighted by Crippen LogP contribution is 2.33. The molecule has 2 aromatic carbocycles. The molecular formula is C19H23NO3. The second-order valence-electron chi connectivity index (χ2n) is 5.39. The van der Waals surface area contributed by atoms with E-state index in [1.807, 2.05) is 67.6 Å². The topological polar surface area (TPSA) is 49.8 Å². The normalized spacial score (nSPS) is 11.1. The maximum Gasteiger partial charge on any atom is 0.409 e. The maximum atomic E-state index is 11.8. The van der Waals surface area contributed by atoms with Gasteiger partial charge in [-0.05, 0) is 18.1 Å². The molecule has 0 radical (unpaired) electrons. The van der Waals surface area contributed by atoms with Crippen molar-refractivity contribution in [1.29, 1.82) is 0 Å². The van der Waals surface area contributed by atoms with Crippen LogP contribution < -0.4 is 0 Å². The Hall–Kier alpha value is -2.33. The number of ether oxygens (including phenoxy) is 1. The molecule has 2 rings (SSSR count). The van der Waals surface area contributed by atoms with Gasteiger partial charge in [0.2, 0.25) is 0 Å². The van der Waals surface area contributed by atoms with Crippen molar-refractivity contribution in [2.75, 3.05) is 20.2 Å². The number of amides is 1. The maximum absolute atomic E-state index is 11.8. The van der Waals surface area contributed by atoms with Gasteiger partial charge < -0.3 is 14.7 Å². The molecule has 0 aromatic heterocycles. The molecular weight excluding hydrogens is 290 g/mol. The van der Waals surface area contributed by atoms with Crippen molar-refractivity contribution >= 4 is 6.09 Å². The van der Waals surface area contributed by atoms with Gasteiger partial charge in [-0.3, -0.25) is 0 Å². The second kappa shape index (κ2) is 7.79. The van der Waals surface area contributed by atoms with Crippen LogP contribution in [0, 0.1) is 0 Å². The van der Waals surface area contributed by atoms with Crippen molar-refractivity contribution in [3.8, 4) is 0 Å². The van der Waals surface area contributed by atoms with Crippen LogP contribution in [0.5, 0.6) is 0 Å². The van der Waals surface area contributed by atoms with Crippen molar-refractivity contribution in [1.82, 2.24) is 4.90 Å². The van der Waals surface area contributed by atoms with E-state index in [0.29, 0.717) is 19.5 Å². The van der Waals surface area contributed by atoms with Gasteiger partial charge in [0.1, 0.15) is 5.60 Å². The molecule has 122 valence electrons. The van der Waals surface area contributed by atoms with Gasteiger partial charge in [0.05, 0.1) is 7.11 Å². The van der Waals surface area contributed by atoms with Crippen LogP contribution in [0.1, 0.15) is 24.5 Å². The number of rotatable bonds is 6. The largest absolute Gasteiger partial charge is 0.453 e. The van der Waals surface area contributed by atoms with Crippen molar-refractivity contribution in [2.24, 2.45) is 0 Å². The minimum absolute atomic E-state index is 0.379. The quantitative estimate of drug-likeness (QED) is 0.889. The van der Waals surface area contributed by atoms with Gasteiger partial charge in [-0.2, -0.15) is 0 Å². The van der Waals surface area contributed by atoms with E-state index in [2.05, 4.69) is 0 Å². The third kappa shape index (κ3) is 3.90. The van der Waals surface area contributed by atoms with Crippen LogP contribution in [0.2, 0.25) is 0 Å². The molecule has 0 spiro atoms. The lowest BCUT2D eigenvalue weighted by Gasteiger charge is -2.31. The van der Waals surface area contributed by atoms with Gasteiger partial charge in [0.25, 0.3) is 0 Å². The molecule has 0 fully saturated rings. The first kappa shape index (κ1) is 17.0. The van der Waals surface area contributed by atoms with E-state index >= 15 is 0 Å². The Morgan fingerprint density at radius 3 is 1.91 bits per heavy atom. The lowest BCUT2D eigenvalue weighted by Crippen LogP contribution is -2.37. The van der Waals surface area contributed by atoms with E-state index in [9.17, 15) is 9.90 Å². The number of nitrogens with zero attached hydrogens (tertiary/aromatic N) is 1. The molecule has 0 atom stereocenters. The van der Waals surface area contributed by atoms with E-state index in [0.717, 1.165) is 11.1 Å². The Bertz CT molecular complexity index is 574. The summed E-state index contributed by atoms with van der Waals surface area (Å²) >= 11 is 0. The molecule has 2 aromatic rings.